The molecule has 1 unspecified atom stereocenters. The van der Waals surface area contributed by atoms with Gasteiger partial charge in [0.15, 0.2) is 0 Å². The Morgan fingerprint density at radius 1 is 1.50 bits per heavy atom. The lowest BCUT2D eigenvalue weighted by atomic mass is 9.96. The average Bonchev–Trinajstić information content (AvgIpc) is 2.28. The van der Waals surface area contributed by atoms with E-state index in [-0.39, 0.29) is 4.75 Å². The van der Waals surface area contributed by atoms with Crippen LogP contribution in [0.25, 0.3) is 0 Å². The second kappa shape index (κ2) is 5.04. The molecule has 14 heavy (non-hydrogen) atoms. The van der Waals surface area contributed by atoms with Crippen LogP contribution < -0.4 is 0 Å². The second-order valence-corrected chi connectivity index (χ2v) is 5.29. The van der Waals surface area contributed by atoms with Crippen LogP contribution in [0, 0.1) is 11.3 Å². The molecule has 1 aliphatic rings. The van der Waals surface area contributed by atoms with Gasteiger partial charge in [-0.2, -0.15) is 5.26 Å². The smallest absolute Gasteiger partial charge is 0.104 e. The molecule has 2 nitrogen and oxygen atoms in total. The van der Waals surface area contributed by atoms with E-state index in [1.165, 1.54) is 6.42 Å². The van der Waals surface area contributed by atoms with E-state index in [1.54, 1.807) is 11.8 Å². The largest absolute Gasteiger partial charge is 0.300 e. The van der Waals surface area contributed by atoms with Crippen LogP contribution in [-0.2, 0) is 0 Å². The third-order valence-electron chi connectivity index (χ3n) is 3.41. The molecule has 1 heterocycles. The summed E-state index contributed by atoms with van der Waals surface area (Å²) in [6, 6.07) is 3.16. The SMILES string of the molecule is CCC(C)N1CCC(C#N)(SC)CC1. The summed E-state index contributed by atoms with van der Waals surface area (Å²) in [5.74, 6) is 0. The molecule has 0 aromatic carbocycles. The maximum atomic E-state index is 9.13. The van der Waals surface area contributed by atoms with E-state index < -0.39 is 0 Å². The first kappa shape index (κ1) is 11.9. The molecule has 0 saturated carbocycles. The van der Waals surface area contributed by atoms with E-state index in [9.17, 15) is 0 Å². The van der Waals surface area contributed by atoms with Crippen LogP contribution in [0.4, 0.5) is 0 Å². The minimum atomic E-state index is -0.0933. The molecule has 0 aromatic heterocycles. The van der Waals surface area contributed by atoms with Gasteiger partial charge in [-0.15, -0.1) is 11.8 Å². The first-order chi connectivity index (χ1) is 6.67. The maximum Gasteiger partial charge on any atom is 0.104 e. The molecule has 0 bridgehead atoms. The monoisotopic (exact) mass is 212 g/mol. The van der Waals surface area contributed by atoms with E-state index in [0.29, 0.717) is 6.04 Å². The molecular formula is C11H20N2S. The standard InChI is InChI=1S/C11H20N2S/c1-4-10(2)13-7-5-11(9-12,14-3)6-8-13/h10H,4-8H2,1-3H3. The molecule has 1 aliphatic heterocycles. The molecular weight excluding hydrogens is 192 g/mol. The molecule has 0 radical (unpaired) electrons. The Morgan fingerprint density at radius 2 is 2.07 bits per heavy atom. The quantitative estimate of drug-likeness (QED) is 0.719. The maximum absolute atomic E-state index is 9.13. The van der Waals surface area contributed by atoms with E-state index in [2.05, 4.69) is 31.1 Å². The van der Waals surface area contributed by atoms with E-state index in [1.807, 2.05) is 0 Å². The Hall–Kier alpha value is -0.200. The molecule has 0 N–H and O–H groups in total. The summed E-state index contributed by atoms with van der Waals surface area (Å²) in [5.41, 5.74) is 0. The highest BCUT2D eigenvalue weighted by Gasteiger charge is 2.34. The van der Waals surface area contributed by atoms with Gasteiger partial charge in [-0.05, 0) is 32.4 Å². The number of piperidine rings is 1. The Balaban J connectivity index is 2.49. The highest BCUT2D eigenvalue weighted by molar-refractivity contribution is 8.00. The third-order valence-corrected chi connectivity index (χ3v) is 4.70. The van der Waals surface area contributed by atoms with Gasteiger partial charge in [0.05, 0.1) is 6.07 Å². The van der Waals surface area contributed by atoms with E-state index in [4.69, 9.17) is 5.26 Å². The van der Waals surface area contributed by atoms with Gasteiger partial charge in [-0.3, -0.25) is 0 Å². The number of rotatable bonds is 3. The lowest BCUT2D eigenvalue weighted by molar-refractivity contribution is 0.162. The van der Waals surface area contributed by atoms with Crippen molar-refractivity contribution < 1.29 is 0 Å². The minimum Gasteiger partial charge on any atom is -0.300 e. The zero-order valence-corrected chi connectivity index (χ0v) is 10.2. The Labute approximate surface area is 91.7 Å². The van der Waals surface area contributed by atoms with Crippen LogP contribution in [0.1, 0.15) is 33.1 Å². The van der Waals surface area contributed by atoms with Gasteiger partial charge < -0.3 is 4.90 Å². The average molecular weight is 212 g/mol. The summed E-state index contributed by atoms with van der Waals surface area (Å²) in [4.78, 5) is 2.51. The molecule has 1 saturated heterocycles. The van der Waals surface area contributed by atoms with Crippen molar-refractivity contribution in [2.24, 2.45) is 0 Å². The summed E-state index contributed by atoms with van der Waals surface area (Å²) >= 11 is 1.73. The normalized spacial score (nSPS) is 24.1. The number of likely N-dealkylation sites (tertiary alicyclic amines) is 1. The van der Waals surface area contributed by atoms with Crippen LogP contribution in [-0.4, -0.2) is 35.0 Å². The predicted octanol–water partition coefficient (Wildman–Crippen LogP) is 2.51. The van der Waals surface area contributed by atoms with Gasteiger partial charge in [0.1, 0.15) is 4.75 Å². The summed E-state index contributed by atoms with van der Waals surface area (Å²) in [5, 5.41) is 9.13. The van der Waals surface area contributed by atoms with Crippen molar-refractivity contribution in [2.45, 2.75) is 43.9 Å². The van der Waals surface area contributed by atoms with Crippen LogP contribution >= 0.6 is 11.8 Å². The van der Waals surface area contributed by atoms with Crippen molar-refractivity contribution in [1.29, 1.82) is 5.26 Å². The fraction of sp³-hybridized carbons (Fsp3) is 0.909. The summed E-state index contributed by atoms with van der Waals surface area (Å²) in [6.07, 6.45) is 5.31. The van der Waals surface area contributed by atoms with E-state index >= 15 is 0 Å². The molecule has 0 spiro atoms. The highest BCUT2D eigenvalue weighted by Crippen LogP contribution is 2.34. The minimum absolute atomic E-state index is 0.0933. The van der Waals surface area contributed by atoms with Gasteiger partial charge in [-0.25, -0.2) is 0 Å². The molecule has 1 fully saturated rings. The van der Waals surface area contributed by atoms with Crippen molar-refractivity contribution in [3.63, 3.8) is 0 Å². The van der Waals surface area contributed by atoms with Crippen LogP contribution in [0.3, 0.4) is 0 Å². The summed E-state index contributed by atoms with van der Waals surface area (Å²) < 4.78 is -0.0933. The fourth-order valence-electron chi connectivity index (χ4n) is 1.95. The molecule has 0 aliphatic carbocycles. The first-order valence-electron chi connectivity index (χ1n) is 5.38. The number of nitriles is 1. The Morgan fingerprint density at radius 3 is 2.43 bits per heavy atom. The summed E-state index contributed by atoms with van der Waals surface area (Å²) in [7, 11) is 0. The van der Waals surface area contributed by atoms with Gasteiger partial charge in [-0.1, -0.05) is 6.92 Å². The van der Waals surface area contributed by atoms with Crippen molar-refractivity contribution in [2.75, 3.05) is 19.3 Å². The van der Waals surface area contributed by atoms with Crippen molar-refractivity contribution in [3.8, 4) is 6.07 Å². The molecule has 1 rings (SSSR count). The molecule has 1 atom stereocenters. The number of hydrogen-bond donors (Lipinski definition) is 0. The lowest BCUT2D eigenvalue weighted by Crippen LogP contribution is -2.45. The van der Waals surface area contributed by atoms with Gasteiger partial charge >= 0.3 is 0 Å². The van der Waals surface area contributed by atoms with Gasteiger partial charge in [0.25, 0.3) is 0 Å². The molecule has 3 heteroatoms. The Kier molecular flexibility index (Phi) is 4.28. The topological polar surface area (TPSA) is 27.0 Å². The van der Waals surface area contributed by atoms with Crippen molar-refractivity contribution in [1.82, 2.24) is 4.90 Å². The lowest BCUT2D eigenvalue weighted by Gasteiger charge is -2.39. The molecule has 0 aromatic rings. The predicted molar refractivity (Wildman–Crippen MR) is 62.4 cm³/mol. The zero-order chi connectivity index (χ0) is 10.6. The van der Waals surface area contributed by atoms with Crippen LogP contribution in [0.15, 0.2) is 0 Å². The fourth-order valence-corrected chi connectivity index (χ4v) is 2.63. The van der Waals surface area contributed by atoms with E-state index in [0.717, 1.165) is 25.9 Å². The molecule has 80 valence electrons. The molecule has 0 amide bonds. The van der Waals surface area contributed by atoms with Crippen molar-refractivity contribution in [3.05, 3.63) is 0 Å². The van der Waals surface area contributed by atoms with Crippen LogP contribution in [0.2, 0.25) is 0 Å². The number of nitrogens with zero attached hydrogens (tertiary/aromatic N) is 2. The zero-order valence-electron chi connectivity index (χ0n) is 9.42. The number of hydrogen-bond acceptors (Lipinski definition) is 3. The first-order valence-corrected chi connectivity index (χ1v) is 6.60. The summed E-state index contributed by atoms with van der Waals surface area (Å²) in [6.45, 7) is 6.68. The van der Waals surface area contributed by atoms with Gasteiger partial charge in [0, 0.05) is 19.1 Å². The van der Waals surface area contributed by atoms with Crippen molar-refractivity contribution >= 4 is 11.8 Å². The highest BCUT2D eigenvalue weighted by atomic mass is 32.2. The Bertz CT molecular complexity index is 214. The second-order valence-electron chi connectivity index (χ2n) is 4.10. The van der Waals surface area contributed by atoms with Crippen LogP contribution in [0.5, 0.6) is 0 Å². The third kappa shape index (κ3) is 2.43. The number of thioether (sulfide) groups is 1. The van der Waals surface area contributed by atoms with Gasteiger partial charge in [0.2, 0.25) is 0 Å².